The highest BCUT2D eigenvalue weighted by Gasteiger charge is 2.08. The molecule has 0 saturated carbocycles. The van der Waals surface area contributed by atoms with E-state index in [1.54, 1.807) is 0 Å². The molecule has 0 aliphatic rings. The molecule has 18 heavy (non-hydrogen) atoms. The molecule has 0 aromatic heterocycles. The summed E-state index contributed by atoms with van der Waals surface area (Å²) >= 11 is 0. The van der Waals surface area contributed by atoms with Gasteiger partial charge in [-0.05, 0) is 50.7 Å². The Morgan fingerprint density at radius 2 is 1.44 bits per heavy atom. The molecule has 0 spiro atoms. The first-order valence-electron chi connectivity index (χ1n) is 7.99. The van der Waals surface area contributed by atoms with Crippen LogP contribution >= 0.6 is 0 Å². The topological polar surface area (TPSA) is 15.3 Å². The lowest BCUT2D eigenvalue weighted by atomic mass is 10.1. The Kier molecular flexibility index (Phi) is 11.9. The minimum Gasteiger partial charge on any atom is -0.317 e. The summed E-state index contributed by atoms with van der Waals surface area (Å²) in [5.41, 5.74) is 0. The van der Waals surface area contributed by atoms with Crippen molar-refractivity contribution < 1.29 is 0 Å². The molecule has 2 nitrogen and oxygen atoms in total. The Hall–Kier alpha value is -0.0800. The highest BCUT2D eigenvalue weighted by atomic mass is 15.1. The molecule has 0 amide bonds. The van der Waals surface area contributed by atoms with Crippen molar-refractivity contribution in [1.82, 2.24) is 10.2 Å². The van der Waals surface area contributed by atoms with Crippen molar-refractivity contribution in [2.45, 2.75) is 60.3 Å². The van der Waals surface area contributed by atoms with E-state index in [-0.39, 0.29) is 0 Å². The Bertz CT molecular complexity index is 156. The normalized spacial score (nSPS) is 12.0. The predicted octanol–water partition coefficient (Wildman–Crippen LogP) is 3.77. The van der Waals surface area contributed by atoms with Crippen molar-refractivity contribution in [3.63, 3.8) is 0 Å². The fraction of sp³-hybridized carbons (Fsp3) is 1.00. The Morgan fingerprint density at radius 1 is 0.833 bits per heavy atom. The lowest BCUT2D eigenvalue weighted by Crippen LogP contribution is -2.32. The van der Waals surface area contributed by atoms with Gasteiger partial charge in [0.1, 0.15) is 0 Å². The highest BCUT2D eigenvalue weighted by Crippen LogP contribution is 2.06. The van der Waals surface area contributed by atoms with E-state index in [9.17, 15) is 0 Å². The van der Waals surface area contributed by atoms with E-state index in [4.69, 9.17) is 0 Å². The van der Waals surface area contributed by atoms with E-state index in [2.05, 4.69) is 44.8 Å². The number of hydrogen-bond donors (Lipinski definition) is 1. The zero-order valence-corrected chi connectivity index (χ0v) is 13.5. The predicted molar refractivity (Wildman–Crippen MR) is 83.1 cm³/mol. The Balaban J connectivity index is 3.56. The summed E-state index contributed by atoms with van der Waals surface area (Å²) in [6, 6.07) is 0. The molecule has 0 fully saturated rings. The Labute approximate surface area is 116 Å². The number of nitrogens with one attached hydrogen (secondary N) is 1. The quantitative estimate of drug-likeness (QED) is 0.535. The second-order valence-corrected chi connectivity index (χ2v) is 6.36. The highest BCUT2D eigenvalue weighted by molar-refractivity contribution is 4.63. The lowest BCUT2D eigenvalue weighted by Gasteiger charge is -2.26. The van der Waals surface area contributed by atoms with E-state index < -0.39 is 0 Å². The van der Waals surface area contributed by atoms with Gasteiger partial charge in [0.2, 0.25) is 0 Å². The maximum absolute atomic E-state index is 3.47. The molecule has 0 aromatic rings. The van der Waals surface area contributed by atoms with Crippen molar-refractivity contribution in [2.75, 3.05) is 32.7 Å². The van der Waals surface area contributed by atoms with Gasteiger partial charge in [0, 0.05) is 13.1 Å². The summed E-state index contributed by atoms with van der Waals surface area (Å²) in [4.78, 5) is 2.65. The standard InChI is InChI=1S/C16H36N2/c1-6-10-17-11-8-7-9-12-18(13-15(2)3)14-16(4)5/h15-17H,6-14H2,1-5H3. The molecule has 0 rings (SSSR count). The molecule has 0 aliphatic carbocycles. The summed E-state index contributed by atoms with van der Waals surface area (Å²) in [7, 11) is 0. The molecule has 0 bridgehead atoms. The second kappa shape index (κ2) is 12.0. The van der Waals surface area contributed by atoms with Crippen LogP contribution in [0, 0.1) is 11.8 Å². The Morgan fingerprint density at radius 3 is 1.94 bits per heavy atom. The molecule has 0 atom stereocenters. The van der Waals surface area contributed by atoms with Gasteiger partial charge in [-0.2, -0.15) is 0 Å². The molecular formula is C16H36N2. The van der Waals surface area contributed by atoms with Gasteiger partial charge in [-0.25, -0.2) is 0 Å². The molecule has 0 radical (unpaired) electrons. The molecule has 0 aliphatic heterocycles. The van der Waals surface area contributed by atoms with Crippen molar-refractivity contribution >= 4 is 0 Å². The van der Waals surface area contributed by atoms with Crippen LogP contribution in [0.2, 0.25) is 0 Å². The molecule has 0 heterocycles. The van der Waals surface area contributed by atoms with Crippen LogP contribution in [0.1, 0.15) is 60.3 Å². The maximum Gasteiger partial charge on any atom is 0.000449 e. The number of nitrogens with zero attached hydrogens (tertiary/aromatic N) is 1. The SMILES string of the molecule is CCCNCCCCCN(CC(C)C)CC(C)C. The van der Waals surface area contributed by atoms with Crippen LogP contribution in [0.3, 0.4) is 0 Å². The minimum absolute atomic E-state index is 0.787. The third kappa shape index (κ3) is 12.4. The van der Waals surface area contributed by atoms with Gasteiger partial charge in [0.05, 0.1) is 0 Å². The van der Waals surface area contributed by atoms with Crippen molar-refractivity contribution in [3.05, 3.63) is 0 Å². The molecular weight excluding hydrogens is 220 g/mol. The van der Waals surface area contributed by atoms with Gasteiger partial charge in [0.25, 0.3) is 0 Å². The van der Waals surface area contributed by atoms with Gasteiger partial charge in [-0.15, -0.1) is 0 Å². The zero-order chi connectivity index (χ0) is 13.8. The number of rotatable bonds is 12. The fourth-order valence-corrected chi connectivity index (χ4v) is 2.35. The second-order valence-electron chi connectivity index (χ2n) is 6.36. The van der Waals surface area contributed by atoms with Crippen molar-refractivity contribution in [1.29, 1.82) is 0 Å². The van der Waals surface area contributed by atoms with Gasteiger partial charge in [0.15, 0.2) is 0 Å². The summed E-state index contributed by atoms with van der Waals surface area (Å²) in [6.07, 6.45) is 5.30. The first-order valence-corrected chi connectivity index (χ1v) is 7.99. The molecule has 2 heteroatoms. The third-order valence-corrected chi connectivity index (χ3v) is 3.00. The van der Waals surface area contributed by atoms with E-state index in [0.717, 1.165) is 11.8 Å². The van der Waals surface area contributed by atoms with Gasteiger partial charge in [-0.1, -0.05) is 41.0 Å². The molecule has 0 aromatic carbocycles. The smallest absolute Gasteiger partial charge is 0.000449 e. The largest absolute Gasteiger partial charge is 0.317 e. The van der Waals surface area contributed by atoms with Crippen LogP contribution in [-0.2, 0) is 0 Å². The van der Waals surface area contributed by atoms with E-state index >= 15 is 0 Å². The molecule has 1 N–H and O–H groups in total. The van der Waals surface area contributed by atoms with E-state index in [1.165, 1.54) is 58.4 Å². The third-order valence-electron chi connectivity index (χ3n) is 3.00. The van der Waals surface area contributed by atoms with Crippen molar-refractivity contribution in [3.8, 4) is 0 Å². The average molecular weight is 256 g/mol. The summed E-state index contributed by atoms with van der Waals surface area (Å²) in [5, 5.41) is 3.47. The maximum atomic E-state index is 3.47. The number of hydrogen-bond acceptors (Lipinski definition) is 2. The van der Waals surface area contributed by atoms with Crippen LogP contribution in [0.15, 0.2) is 0 Å². The van der Waals surface area contributed by atoms with Crippen molar-refractivity contribution in [2.24, 2.45) is 11.8 Å². The van der Waals surface area contributed by atoms with Gasteiger partial charge < -0.3 is 10.2 Å². The first-order chi connectivity index (χ1) is 8.56. The minimum atomic E-state index is 0.787. The van der Waals surface area contributed by atoms with Crippen LogP contribution in [0.25, 0.3) is 0 Å². The van der Waals surface area contributed by atoms with Crippen LogP contribution in [-0.4, -0.2) is 37.6 Å². The van der Waals surface area contributed by atoms with E-state index in [0.29, 0.717) is 0 Å². The average Bonchev–Trinajstić information content (AvgIpc) is 2.26. The van der Waals surface area contributed by atoms with Crippen LogP contribution < -0.4 is 5.32 Å². The fourth-order valence-electron chi connectivity index (χ4n) is 2.35. The summed E-state index contributed by atoms with van der Waals surface area (Å²) in [6.45, 7) is 17.7. The van der Waals surface area contributed by atoms with Gasteiger partial charge >= 0.3 is 0 Å². The van der Waals surface area contributed by atoms with Gasteiger partial charge in [-0.3, -0.25) is 0 Å². The van der Waals surface area contributed by atoms with Crippen LogP contribution in [0.4, 0.5) is 0 Å². The van der Waals surface area contributed by atoms with E-state index in [1.807, 2.05) is 0 Å². The number of unbranched alkanes of at least 4 members (excludes halogenated alkanes) is 2. The molecule has 0 saturated heterocycles. The molecule has 110 valence electrons. The zero-order valence-electron chi connectivity index (χ0n) is 13.5. The van der Waals surface area contributed by atoms with Crippen LogP contribution in [0.5, 0.6) is 0 Å². The monoisotopic (exact) mass is 256 g/mol. The lowest BCUT2D eigenvalue weighted by molar-refractivity contribution is 0.215. The molecule has 0 unspecified atom stereocenters. The summed E-state index contributed by atoms with van der Waals surface area (Å²) < 4.78 is 0. The summed E-state index contributed by atoms with van der Waals surface area (Å²) in [5.74, 6) is 1.57. The first kappa shape index (κ1) is 17.9.